The zero-order valence-corrected chi connectivity index (χ0v) is 16.5. The highest BCUT2D eigenvalue weighted by Gasteiger charge is 2.17. The molecule has 1 aromatic heterocycles. The van der Waals surface area contributed by atoms with E-state index >= 15 is 0 Å². The Balaban J connectivity index is 1.80. The van der Waals surface area contributed by atoms with Gasteiger partial charge in [-0.05, 0) is 38.1 Å². The van der Waals surface area contributed by atoms with Crippen LogP contribution in [0.4, 0.5) is 0 Å². The number of Topliss-reactive ketones (excluding diaryl/α,β-unsaturated/α-hetero) is 1. The second-order valence-corrected chi connectivity index (χ2v) is 6.92. The van der Waals surface area contributed by atoms with Crippen LogP contribution in [0, 0.1) is 13.8 Å². The molecule has 0 saturated carbocycles. The number of aryl methyl sites for hydroxylation is 2. The van der Waals surface area contributed by atoms with Crippen LogP contribution < -0.4 is 9.47 Å². The van der Waals surface area contributed by atoms with E-state index in [0.717, 1.165) is 11.5 Å². The summed E-state index contributed by atoms with van der Waals surface area (Å²) in [5.41, 5.74) is 2.67. The second kappa shape index (κ2) is 8.26. The molecule has 0 N–H and O–H groups in total. The summed E-state index contributed by atoms with van der Waals surface area (Å²) in [4.78, 5) is 12.7. The van der Waals surface area contributed by atoms with Crippen molar-refractivity contribution in [1.82, 2.24) is 14.8 Å². The van der Waals surface area contributed by atoms with Crippen LogP contribution in [-0.4, -0.2) is 40.5 Å². The number of thioether (sulfide) groups is 1. The predicted octanol–water partition coefficient (Wildman–Crippen LogP) is 3.88. The molecular weight excluding hydrogens is 362 g/mol. The number of ketones is 1. The van der Waals surface area contributed by atoms with Crippen LogP contribution in [0.3, 0.4) is 0 Å². The zero-order valence-electron chi connectivity index (χ0n) is 15.7. The van der Waals surface area contributed by atoms with Crippen LogP contribution in [0.2, 0.25) is 0 Å². The monoisotopic (exact) mass is 383 g/mol. The van der Waals surface area contributed by atoms with Crippen LogP contribution in [0.5, 0.6) is 11.5 Å². The number of methoxy groups -OCH3 is 2. The van der Waals surface area contributed by atoms with Crippen LogP contribution >= 0.6 is 11.8 Å². The summed E-state index contributed by atoms with van der Waals surface area (Å²) in [5, 5.41) is 9.06. The molecule has 0 spiro atoms. The lowest BCUT2D eigenvalue weighted by molar-refractivity contribution is 0.101. The summed E-state index contributed by atoms with van der Waals surface area (Å²) in [7, 11) is 3.11. The van der Waals surface area contributed by atoms with Crippen molar-refractivity contribution < 1.29 is 14.3 Å². The van der Waals surface area contributed by atoms with Gasteiger partial charge < -0.3 is 9.47 Å². The van der Waals surface area contributed by atoms with Gasteiger partial charge in [0.1, 0.15) is 17.3 Å². The summed E-state index contributed by atoms with van der Waals surface area (Å²) >= 11 is 1.35. The third-order valence-electron chi connectivity index (χ3n) is 4.13. The topological polar surface area (TPSA) is 66.2 Å². The standard InChI is InChI=1S/C20H21N3O3S/c1-13-5-7-15(8-6-13)23-14(2)21-22-20(23)27-12-18(24)17-10-9-16(25-3)11-19(17)26-4/h5-11H,12H2,1-4H3. The number of hydrogen-bond acceptors (Lipinski definition) is 6. The van der Waals surface area contributed by atoms with E-state index in [1.165, 1.54) is 24.4 Å². The normalized spacial score (nSPS) is 10.7. The van der Waals surface area contributed by atoms with Crippen molar-refractivity contribution >= 4 is 17.5 Å². The fourth-order valence-corrected chi connectivity index (χ4v) is 3.55. The lowest BCUT2D eigenvalue weighted by Gasteiger charge is -2.10. The maximum absolute atomic E-state index is 12.7. The van der Waals surface area contributed by atoms with E-state index in [9.17, 15) is 4.79 Å². The Hall–Kier alpha value is -2.80. The molecule has 3 rings (SSSR count). The summed E-state index contributed by atoms with van der Waals surface area (Å²) in [6, 6.07) is 13.3. The number of benzene rings is 2. The van der Waals surface area contributed by atoms with Gasteiger partial charge in [-0.1, -0.05) is 29.5 Å². The molecule has 0 radical (unpaired) electrons. The van der Waals surface area contributed by atoms with Gasteiger partial charge in [0.2, 0.25) is 0 Å². The quantitative estimate of drug-likeness (QED) is 0.456. The van der Waals surface area contributed by atoms with Gasteiger partial charge in [-0.3, -0.25) is 9.36 Å². The van der Waals surface area contributed by atoms with Crippen molar-refractivity contribution in [3.05, 3.63) is 59.4 Å². The lowest BCUT2D eigenvalue weighted by Crippen LogP contribution is -2.07. The highest BCUT2D eigenvalue weighted by Crippen LogP contribution is 2.28. The third kappa shape index (κ3) is 4.14. The Morgan fingerprint density at radius 3 is 2.44 bits per heavy atom. The molecule has 2 aromatic carbocycles. The van der Waals surface area contributed by atoms with E-state index in [2.05, 4.69) is 10.2 Å². The molecular formula is C20H21N3O3S. The van der Waals surface area contributed by atoms with Crippen molar-refractivity contribution in [3.8, 4) is 17.2 Å². The molecule has 27 heavy (non-hydrogen) atoms. The Kier molecular flexibility index (Phi) is 5.81. The molecule has 0 aliphatic carbocycles. The van der Waals surface area contributed by atoms with Gasteiger partial charge >= 0.3 is 0 Å². The van der Waals surface area contributed by atoms with Crippen LogP contribution in [-0.2, 0) is 0 Å². The Bertz CT molecular complexity index is 952. The Labute approximate surface area is 162 Å². The summed E-state index contributed by atoms with van der Waals surface area (Å²) in [6.07, 6.45) is 0. The van der Waals surface area contributed by atoms with E-state index in [1.807, 2.05) is 42.7 Å². The van der Waals surface area contributed by atoms with Gasteiger partial charge in [0, 0.05) is 11.8 Å². The summed E-state index contributed by atoms with van der Waals surface area (Å²) in [6.45, 7) is 3.94. The van der Waals surface area contributed by atoms with Crippen molar-refractivity contribution in [2.45, 2.75) is 19.0 Å². The number of rotatable bonds is 7. The first kappa shape index (κ1) is 19.0. The molecule has 0 unspecified atom stereocenters. The fraction of sp³-hybridized carbons (Fsp3) is 0.250. The molecule has 0 aliphatic rings. The first-order valence-corrected chi connectivity index (χ1v) is 9.39. The first-order chi connectivity index (χ1) is 13.0. The molecule has 0 aliphatic heterocycles. The molecule has 140 valence electrons. The van der Waals surface area contributed by atoms with Gasteiger partial charge in [0.15, 0.2) is 10.9 Å². The number of aromatic nitrogens is 3. The number of carbonyl (C=O) groups is 1. The first-order valence-electron chi connectivity index (χ1n) is 8.40. The van der Waals surface area contributed by atoms with E-state index in [-0.39, 0.29) is 11.5 Å². The fourth-order valence-electron chi connectivity index (χ4n) is 2.66. The molecule has 7 heteroatoms. The van der Waals surface area contributed by atoms with Crippen LogP contribution in [0.25, 0.3) is 5.69 Å². The molecule has 0 amide bonds. The molecule has 1 heterocycles. The minimum absolute atomic E-state index is 0.0457. The van der Waals surface area contributed by atoms with E-state index < -0.39 is 0 Å². The van der Waals surface area contributed by atoms with Crippen molar-refractivity contribution in [3.63, 3.8) is 0 Å². The highest BCUT2D eigenvalue weighted by atomic mass is 32.2. The molecule has 0 fully saturated rings. The average Bonchev–Trinajstić information content (AvgIpc) is 3.06. The second-order valence-electron chi connectivity index (χ2n) is 5.98. The van der Waals surface area contributed by atoms with Gasteiger partial charge in [0.05, 0.1) is 25.5 Å². The molecule has 6 nitrogen and oxygen atoms in total. The van der Waals surface area contributed by atoms with Gasteiger partial charge in [0.25, 0.3) is 0 Å². The maximum atomic E-state index is 12.7. The third-order valence-corrected chi connectivity index (χ3v) is 5.06. The van der Waals surface area contributed by atoms with Crippen molar-refractivity contribution in [1.29, 1.82) is 0 Å². The van der Waals surface area contributed by atoms with E-state index in [4.69, 9.17) is 9.47 Å². The van der Waals surface area contributed by atoms with Crippen LogP contribution in [0.15, 0.2) is 47.6 Å². The average molecular weight is 383 g/mol. The van der Waals surface area contributed by atoms with Crippen molar-refractivity contribution in [2.75, 3.05) is 20.0 Å². The molecule has 0 bridgehead atoms. The maximum Gasteiger partial charge on any atom is 0.196 e. The number of nitrogens with zero attached hydrogens (tertiary/aromatic N) is 3. The molecule has 3 aromatic rings. The highest BCUT2D eigenvalue weighted by molar-refractivity contribution is 7.99. The zero-order chi connectivity index (χ0) is 19.4. The van der Waals surface area contributed by atoms with Crippen LogP contribution in [0.1, 0.15) is 21.7 Å². The smallest absolute Gasteiger partial charge is 0.196 e. The van der Waals surface area contributed by atoms with Gasteiger partial charge in [-0.25, -0.2) is 0 Å². The Morgan fingerprint density at radius 2 is 1.78 bits per heavy atom. The number of hydrogen-bond donors (Lipinski definition) is 0. The number of carbonyl (C=O) groups excluding carboxylic acids is 1. The number of ether oxygens (including phenoxy) is 2. The summed E-state index contributed by atoms with van der Waals surface area (Å²) in [5.74, 6) is 2.10. The van der Waals surface area contributed by atoms with E-state index in [1.54, 1.807) is 25.3 Å². The van der Waals surface area contributed by atoms with E-state index in [0.29, 0.717) is 22.2 Å². The molecule has 0 saturated heterocycles. The van der Waals surface area contributed by atoms with Gasteiger partial charge in [-0.2, -0.15) is 0 Å². The largest absolute Gasteiger partial charge is 0.497 e. The molecule has 0 atom stereocenters. The Morgan fingerprint density at radius 1 is 1.04 bits per heavy atom. The summed E-state index contributed by atoms with van der Waals surface area (Å²) < 4.78 is 12.5. The SMILES string of the molecule is COc1ccc(C(=O)CSc2nnc(C)n2-c2ccc(C)cc2)c(OC)c1. The lowest BCUT2D eigenvalue weighted by atomic mass is 10.1. The van der Waals surface area contributed by atoms with Gasteiger partial charge in [-0.15, -0.1) is 10.2 Å². The van der Waals surface area contributed by atoms with Crippen molar-refractivity contribution in [2.24, 2.45) is 0 Å². The minimum Gasteiger partial charge on any atom is -0.497 e. The predicted molar refractivity (Wildman–Crippen MR) is 105 cm³/mol. The minimum atomic E-state index is -0.0457.